The van der Waals surface area contributed by atoms with Crippen LogP contribution in [0.3, 0.4) is 0 Å². The van der Waals surface area contributed by atoms with Crippen molar-refractivity contribution in [1.29, 1.82) is 0 Å². The number of fused-ring (bicyclic) bond motifs is 1. The smallest absolute Gasteiger partial charge is 0.254 e. The van der Waals surface area contributed by atoms with Crippen LogP contribution in [-0.2, 0) is 11.2 Å². The molecule has 2 aliphatic heterocycles. The SMILES string of the molecule is CCc1nn2cc(Cl)ccc2c1C1=NN(CCCCOc2ccc(C3=NNC(O)CC3C)cc2)C(=O)C1(C)C. The van der Waals surface area contributed by atoms with Crippen molar-refractivity contribution in [2.45, 2.75) is 59.6 Å². The van der Waals surface area contributed by atoms with E-state index in [-0.39, 0.29) is 11.8 Å². The second-order valence-corrected chi connectivity index (χ2v) is 11.1. The van der Waals surface area contributed by atoms with Crippen LogP contribution in [0, 0.1) is 11.3 Å². The molecule has 2 aromatic heterocycles. The molecule has 206 valence electrons. The molecule has 4 heterocycles. The third kappa shape index (κ3) is 5.38. The molecule has 2 aliphatic rings. The highest BCUT2D eigenvalue weighted by Gasteiger charge is 2.45. The Morgan fingerprint density at radius 1 is 1.18 bits per heavy atom. The Morgan fingerprint density at radius 3 is 2.67 bits per heavy atom. The van der Waals surface area contributed by atoms with Gasteiger partial charge in [0.25, 0.3) is 5.91 Å². The zero-order chi connectivity index (χ0) is 27.7. The highest BCUT2D eigenvalue weighted by atomic mass is 35.5. The summed E-state index contributed by atoms with van der Waals surface area (Å²) in [6.45, 7) is 9.03. The van der Waals surface area contributed by atoms with E-state index in [2.05, 4.69) is 24.4 Å². The summed E-state index contributed by atoms with van der Waals surface area (Å²) < 4.78 is 7.71. The van der Waals surface area contributed by atoms with Crippen molar-refractivity contribution in [3.63, 3.8) is 0 Å². The van der Waals surface area contributed by atoms with Crippen LogP contribution in [0.15, 0.2) is 52.8 Å². The zero-order valence-corrected chi connectivity index (χ0v) is 23.6. The Morgan fingerprint density at radius 2 is 1.95 bits per heavy atom. The molecule has 1 aromatic carbocycles. The Bertz CT molecular complexity index is 1430. The molecule has 0 saturated heterocycles. The van der Waals surface area contributed by atoms with Gasteiger partial charge in [-0.3, -0.25) is 10.2 Å². The molecule has 1 amide bonds. The van der Waals surface area contributed by atoms with Gasteiger partial charge >= 0.3 is 0 Å². The lowest BCUT2D eigenvalue weighted by molar-refractivity contribution is -0.135. The van der Waals surface area contributed by atoms with E-state index < -0.39 is 11.6 Å². The van der Waals surface area contributed by atoms with Crippen LogP contribution in [0.1, 0.15) is 63.8 Å². The number of hydrogen-bond acceptors (Lipinski definition) is 7. The third-order valence-corrected chi connectivity index (χ3v) is 7.60. The predicted octanol–water partition coefficient (Wildman–Crippen LogP) is 4.63. The number of hydrogen-bond donors (Lipinski definition) is 2. The minimum absolute atomic E-state index is 0.00811. The lowest BCUT2D eigenvalue weighted by atomic mass is 9.82. The monoisotopic (exact) mass is 550 g/mol. The van der Waals surface area contributed by atoms with Gasteiger partial charge < -0.3 is 9.84 Å². The number of aliphatic hydroxyl groups excluding tert-OH is 1. The number of rotatable bonds is 9. The molecule has 2 unspecified atom stereocenters. The van der Waals surface area contributed by atoms with E-state index in [1.54, 1.807) is 15.7 Å². The van der Waals surface area contributed by atoms with Crippen molar-refractivity contribution in [1.82, 2.24) is 20.0 Å². The van der Waals surface area contributed by atoms with Crippen molar-refractivity contribution in [3.8, 4) is 5.75 Å². The van der Waals surface area contributed by atoms with Crippen molar-refractivity contribution >= 4 is 34.4 Å². The van der Waals surface area contributed by atoms with Crippen molar-refractivity contribution < 1.29 is 14.6 Å². The molecule has 9 nitrogen and oxygen atoms in total. The number of unbranched alkanes of at least 4 members (excludes halogenated alkanes) is 1. The van der Waals surface area contributed by atoms with Crippen LogP contribution in [0.2, 0.25) is 5.02 Å². The summed E-state index contributed by atoms with van der Waals surface area (Å²) in [5.74, 6) is 0.954. The molecule has 0 saturated carbocycles. The number of benzene rings is 1. The number of halogens is 1. The van der Waals surface area contributed by atoms with Crippen molar-refractivity contribution in [3.05, 3.63) is 64.4 Å². The van der Waals surface area contributed by atoms with Crippen LogP contribution in [0.25, 0.3) is 5.52 Å². The fourth-order valence-corrected chi connectivity index (χ4v) is 5.34. The standard InChI is InChI=1S/C29H35ClN6O3/c1-5-22-25(23-13-10-20(30)17-36(23)33-22)27-29(3,4)28(38)35(34-27)14-6-7-15-39-21-11-8-19(9-12-21)26-18(2)16-24(37)31-32-26/h8-13,17-18,24,31,37H,5-7,14-16H2,1-4H3. The fraction of sp³-hybridized carbons (Fsp3) is 0.448. The van der Waals surface area contributed by atoms with Crippen LogP contribution >= 0.6 is 11.6 Å². The second-order valence-electron chi connectivity index (χ2n) is 10.7. The number of carbonyl (C=O) groups is 1. The molecule has 0 fully saturated rings. The van der Waals surface area contributed by atoms with E-state index >= 15 is 0 Å². The second kappa shape index (κ2) is 11.0. The van der Waals surface area contributed by atoms with E-state index in [1.165, 1.54) is 0 Å². The van der Waals surface area contributed by atoms with Gasteiger partial charge in [-0.05, 0) is 75.1 Å². The Hall–Kier alpha value is -3.43. The molecule has 3 aromatic rings. The van der Waals surface area contributed by atoms with E-state index in [0.29, 0.717) is 24.6 Å². The van der Waals surface area contributed by atoms with Crippen LogP contribution in [-0.4, -0.2) is 56.4 Å². The van der Waals surface area contributed by atoms with Gasteiger partial charge in [-0.2, -0.15) is 15.3 Å². The number of aromatic nitrogens is 2. The van der Waals surface area contributed by atoms with Gasteiger partial charge in [0, 0.05) is 30.6 Å². The summed E-state index contributed by atoms with van der Waals surface area (Å²) in [6, 6.07) is 11.6. The summed E-state index contributed by atoms with van der Waals surface area (Å²) in [5.41, 5.74) is 7.41. The average molecular weight is 551 g/mol. The lowest BCUT2D eigenvalue weighted by Gasteiger charge is -2.24. The molecule has 0 aliphatic carbocycles. The van der Waals surface area contributed by atoms with Gasteiger partial charge in [-0.25, -0.2) is 9.52 Å². The van der Waals surface area contributed by atoms with Crippen LogP contribution in [0.5, 0.6) is 5.75 Å². The lowest BCUT2D eigenvalue weighted by Crippen LogP contribution is -2.35. The summed E-state index contributed by atoms with van der Waals surface area (Å²) in [5, 5.41) is 25.7. The first kappa shape index (κ1) is 27.1. The number of aryl methyl sites for hydroxylation is 1. The molecular formula is C29H35ClN6O3. The van der Waals surface area contributed by atoms with Gasteiger partial charge in [-0.1, -0.05) is 25.4 Å². The first-order valence-electron chi connectivity index (χ1n) is 13.5. The molecular weight excluding hydrogens is 516 g/mol. The summed E-state index contributed by atoms with van der Waals surface area (Å²) in [7, 11) is 0. The maximum atomic E-state index is 13.3. The zero-order valence-electron chi connectivity index (χ0n) is 22.8. The summed E-state index contributed by atoms with van der Waals surface area (Å²) >= 11 is 6.18. The van der Waals surface area contributed by atoms with Gasteiger partial charge in [0.1, 0.15) is 12.0 Å². The maximum absolute atomic E-state index is 13.3. The topological polar surface area (TPSA) is 104 Å². The largest absolute Gasteiger partial charge is 0.494 e. The van der Waals surface area contributed by atoms with Crippen LogP contribution < -0.4 is 10.2 Å². The van der Waals surface area contributed by atoms with Gasteiger partial charge in [-0.15, -0.1) is 0 Å². The number of amides is 1. The molecule has 0 spiro atoms. The van der Waals surface area contributed by atoms with E-state index in [4.69, 9.17) is 26.5 Å². The number of pyridine rings is 1. The Kier molecular flexibility index (Phi) is 7.64. The van der Waals surface area contributed by atoms with E-state index in [9.17, 15) is 9.90 Å². The Balaban J connectivity index is 1.19. The van der Waals surface area contributed by atoms with Crippen molar-refractivity contribution in [2.24, 2.45) is 21.5 Å². The molecule has 0 radical (unpaired) electrons. The normalized spacial score (nSPS) is 20.7. The highest BCUT2D eigenvalue weighted by molar-refractivity contribution is 6.30. The minimum Gasteiger partial charge on any atom is -0.494 e. The highest BCUT2D eigenvalue weighted by Crippen LogP contribution is 2.35. The summed E-state index contributed by atoms with van der Waals surface area (Å²) in [6.07, 6.45) is 4.10. The van der Waals surface area contributed by atoms with Gasteiger partial charge in [0.05, 0.1) is 39.7 Å². The molecule has 5 rings (SSSR count). The van der Waals surface area contributed by atoms with Crippen molar-refractivity contribution in [2.75, 3.05) is 13.2 Å². The molecule has 2 N–H and O–H groups in total. The average Bonchev–Trinajstić information content (AvgIpc) is 3.37. The molecule has 0 bridgehead atoms. The van der Waals surface area contributed by atoms with Crippen LogP contribution in [0.4, 0.5) is 0 Å². The molecule has 10 heteroatoms. The Labute approximate surface area is 233 Å². The maximum Gasteiger partial charge on any atom is 0.254 e. The number of nitrogens with one attached hydrogen (secondary N) is 1. The number of aliphatic hydroxyl groups is 1. The van der Waals surface area contributed by atoms with E-state index in [0.717, 1.165) is 58.8 Å². The molecule has 2 atom stereocenters. The summed E-state index contributed by atoms with van der Waals surface area (Å²) in [4.78, 5) is 13.3. The number of hydrazone groups is 2. The first-order chi connectivity index (χ1) is 18.7. The molecule has 39 heavy (non-hydrogen) atoms. The predicted molar refractivity (Wildman–Crippen MR) is 152 cm³/mol. The first-order valence-corrected chi connectivity index (χ1v) is 13.9. The quantitative estimate of drug-likeness (QED) is 0.378. The van der Waals surface area contributed by atoms with Gasteiger partial charge in [0.2, 0.25) is 0 Å². The number of carbonyl (C=O) groups excluding carboxylic acids is 1. The van der Waals surface area contributed by atoms with Gasteiger partial charge in [0.15, 0.2) is 0 Å². The third-order valence-electron chi connectivity index (χ3n) is 7.38. The van der Waals surface area contributed by atoms with E-state index in [1.807, 2.05) is 50.2 Å². The minimum atomic E-state index is -0.751. The number of nitrogens with zero attached hydrogens (tertiary/aromatic N) is 5. The fourth-order valence-electron chi connectivity index (χ4n) is 5.19. The number of ether oxygens (including phenoxy) is 1.